The molecule has 0 saturated carbocycles. The Kier molecular flexibility index (Phi) is 4.13. The maximum atomic E-state index is 14.0. The fourth-order valence-corrected chi connectivity index (χ4v) is 1.77. The van der Waals surface area contributed by atoms with E-state index in [1.54, 1.807) is 43.3 Å². The summed E-state index contributed by atoms with van der Waals surface area (Å²) in [5.41, 5.74) is 0.981. The highest BCUT2D eigenvalue weighted by atomic mass is 19.3. The van der Waals surface area contributed by atoms with Crippen LogP contribution in [0.25, 0.3) is 0 Å². The summed E-state index contributed by atoms with van der Waals surface area (Å²) in [6, 6.07) is 14.4. The van der Waals surface area contributed by atoms with Crippen LogP contribution < -0.4 is 0 Å². The zero-order valence-corrected chi connectivity index (χ0v) is 11.0. The molecule has 104 valence electrons. The lowest BCUT2D eigenvalue weighted by Gasteiger charge is -2.16. The number of alkyl halides is 2. The Bertz CT molecular complexity index is 594. The molecule has 0 spiro atoms. The predicted molar refractivity (Wildman–Crippen MR) is 71.3 cm³/mol. The third-order valence-electron chi connectivity index (χ3n) is 2.85. The Hall–Kier alpha value is -2.23. The zero-order valence-electron chi connectivity index (χ0n) is 11.0. The van der Waals surface area contributed by atoms with Crippen molar-refractivity contribution >= 4 is 5.97 Å². The molecule has 0 saturated heterocycles. The molecule has 0 amide bonds. The summed E-state index contributed by atoms with van der Waals surface area (Å²) in [5, 5.41) is 0. The van der Waals surface area contributed by atoms with E-state index in [-0.39, 0.29) is 12.2 Å². The number of halogens is 2. The fourth-order valence-electron chi connectivity index (χ4n) is 1.77. The highest BCUT2D eigenvalue weighted by Crippen LogP contribution is 2.30. The largest absolute Gasteiger partial charge is 0.456 e. The first-order valence-corrected chi connectivity index (χ1v) is 6.16. The topological polar surface area (TPSA) is 26.3 Å². The van der Waals surface area contributed by atoms with Crippen LogP contribution in [0.3, 0.4) is 0 Å². The summed E-state index contributed by atoms with van der Waals surface area (Å²) in [4.78, 5) is 11.6. The standard InChI is InChI=1S/C16H14F2O2/c1-12-6-5-9-14(10-12)16(17,18)15(19)20-11-13-7-3-2-4-8-13/h2-10H,11H2,1H3. The van der Waals surface area contributed by atoms with E-state index in [9.17, 15) is 13.6 Å². The minimum Gasteiger partial charge on any atom is -0.456 e. The molecular formula is C16H14F2O2. The van der Waals surface area contributed by atoms with E-state index in [0.29, 0.717) is 11.1 Å². The van der Waals surface area contributed by atoms with Gasteiger partial charge in [0.1, 0.15) is 6.61 Å². The quantitative estimate of drug-likeness (QED) is 0.793. The fraction of sp³-hybridized carbons (Fsp3) is 0.188. The van der Waals surface area contributed by atoms with Gasteiger partial charge >= 0.3 is 11.9 Å². The van der Waals surface area contributed by atoms with E-state index in [1.165, 1.54) is 18.2 Å². The molecule has 0 fully saturated rings. The maximum Gasteiger partial charge on any atom is 0.382 e. The van der Waals surface area contributed by atoms with Gasteiger partial charge in [-0.15, -0.1) is 0 Å². The Morgan fingerprint density at radius 1 is 1.10 bits per heavy atom. The van der Waals surface area contributed by atoms with Gasteiger partial charge in [-0.05, 0) is 18.6 Å². The smallest absolute Gasteiger partial charge is 0.382 e. The molecule has 0 bridgehead atoms. The van der Waals surface area contributed by atoms with Gasteiger partial charge in [-0.1, -0.05) is 54.1 Å². The van der Waals surface area contributed by atoms with E-state index in [4.69, 9.17) is 4.74 Å². The van der Waals surface area contributed by atoms with E-state index < -0.39 is 11.9 Å². The third kappa shape index (κ3) is 3.20. The number of carbonyl (C=O) groups excluding carboxylic acids is 1. The predicted octanol–water partition coefficient (Wildman–Crippen LogP) is 3.83. The SMILES string of the molecule is Cc1cccc(C(F)(F)C(=O)OCc2ccccc2)c1. The molecule has 0 N–H and O–H groups in total. The molecule has 0 unspecified atom stereocenters. The first-order chi connectivity index (χ1) is 9.50. The number of hydrogen-bond donors (Lipinski definition) is 0. The van der Waals surface area contributed by atoms with Gasteiger partial charge in [0.15, 0.2) is 0 Å². The van der Waals surface area contributed by atoms with E-state index in [0.717, 1.165) is 0 Å². The first kappa shape index (κ1) is 14.2. The molecule has 20 heavy (non-hydrogen) atoms. The molecular weight excluding hydrogens is 262 g/mol. The molecule has 2 rings (SSSR count). The van der Waals surface area contributed by atoms with Crippen LogP contribution in [0.15, 0.2) is 54.6 Å². The number of ether oxygens (including phenoxy) is 1. The molecule has 0 aliphatic heterocycles. The summed E-state index contributed by atoms with van der Waals surface area (Å²) >= 11 is 0. The summed E-state index contributed by atoms with van der Waals surface area (Å²) in [6.07, 6.45) is 0. The van der Waals surface area contributed by atoms with Crippen LogP contribution in [-0.2, 0) is 22.1 Å². The van der Waals surface area contributed by atoms with E-state index in [1.807, 2.05) is 0 Å². The second-order valence-electron chi connectivity index (χ2n) is 4.51. The van der Waals surface area contributed by atoms with Gasteiger partial charge in [0.25, 0.3) is 0 Å². The van der Waals surface area contributed by atoms with Crippen LogP contribution >= 0.6 is 0 Å². The molecule has 2 nitrogen and oxygen atoms in total. The summed E-state index contributed by atoms with van der Waals surface area (Å²) < 4.78 is 32.6. The van der Waals surface area contributed by atoms with Crippen LogP contribution in [0.4, 0.5) is 8.78 Å². The van der Waals surface area contributed by atoms with Crippen molar-refractivity contribution in [1.82, 2.24) is 0 Å². The Labute approximate surface area is 116 Å². The van der Waals surface area contributed by atoms with Gasteiger partial charge in [0, 0.05) is 5.56 Å². The number of esters is 1. The Morgan fingerprint density at radius 3 is 2.45 bits per heavy atom. The van der Waals surface area contributed by atoms with Gasteiger partial charge in [0.2, 0.25) is 0 Å². The second-order valence-corrected chi connectivity index (χ2v) is 4.51. The Morgan fingerprint density at radius 2 is 1.80 bits per heavy atom. The number of rotatable bonds is 4. The zero-order chi connectivity index (χ0) is 14.6. The summed E-state index contributed by atoms with van der Waals surface area (Å²) in [7, 11) is 0. The molecule has 0 atom stereocenters. The Balaban J connectivity index is 2.07. The molecule has 0 aliphatic carbocycles. The minimum atomic E-state index is -3.64. The lowest BCUT2D eigenvalue weighted by atomic mass is 10.1. The second kappa shape index (κ2) is 5.82. The van der Waals surface area contributed by atoms with Gasteiger partial charge in [-0.3, -0.25) is 0 Å². The van der Waals surface area contributed by atoms with Crippen LogP contribution in [0.1, 0.15) is 16.7 Å². The number of benzene rings is 2. The van der Waals surface area contributed by atoms with Crippen molar-refractivity contribution in [2.75, 3.05) is 0 Å². The van der Waals surface area contributed by atoms with Gasteiger partial charge in [-0.25, -0.2) is 4.79 Å². The third-order valence-corrected chi connectivity index (χ3v) is 2.85. The van der Waals surface area contributed by atoms with Crippen LogP contribution in [-0.4, -0.2) is 5.97 Å². The average Bonchev–Trinajstić information content (AvgIpc) is 2.45. The number of aryl methyl sites for hydroxylation is 1. The van der Waals surface area contributed by atoms with Gasteiger partial charge in [0.05, 0.1) is 0 Å². The molecule has 0 heterocycles. The maximum absolute atomic E-state index is 14.0. The van der Waals surface area contributed by atoms with Crippen molar-refractivity contribution in [3.63, 3.8) is 0 Å². The summed E-state index contributed by atoms with van der Waals surface area (Å²) in [5.74, 6) is -5.17. The number of carbonyl (C=O) groups is 1. The molecule has 2 aromatic rings. The highest BCUT2D eigenvalue weighted by molar-refractivity contribution is 5.79. The minimum absolute atomic E-state index is 0.166. The van der Waals surface area contributed by atoms with Crippen molar-refractivity contribution in [3.05, 3.63) is 71.3 Å². The van der Waals surface area contributed by atoms with Crippen LogP contribution in [0.5, 0.6) is 0 Å². The molecule has 2 aromatic carbocycles. The number of hydrogen-bond acceptors (Lipinski definition) is 2. The van der Waals surface area contributed by atoms with Crippen molar-refractivity contribution in [2.45, 2.75) is 19.5 Å². The molecule has 4 heteroatoms. The highest BCUT2D eigenvalue weighted by Gasteiger charge is 2.42. The molecule has 0 aliphatic rings. The van der Waals surface area contributed by atoms with Crippen molar-refractivity contribution in [1.29, 1.82) is 0 Å². The molecule has 0 aromatic heterocycles. The normalized spacial score (nSPS) is 11.2. The van der Waals surface area contributed by atoms with E-state index >= 15 is 0 Å². The van der Waals surface area contributed by atoms with Gasteiger partial charge in [-0.2, -0.15) is 8.78 Å². The van der Waals surface area contributed by atoms with Crippen LogP contribution in [0, 0.1) is 6.92 Å². The van der Waals surface area contributed by atoms with E-state index in [2.05, 4.69) is 0 Å². The monoisotopic (exact) mass is 276 g/mol. The van der Waals surface area contributed by atoms with Crippen LogP contribution in [0.2, 0.25) is 0 Å². The molecule has 0 radical (unpaired) electrons. The van der Waals surface area contributed by atoms with Crippen molar-refractivity contribution in [2.24, 2.45) is 0 Å². The van der Waals surface area contributed by atoms with Crippen molar-refractivity contribution < 1.29 is 18.3 Å². The average molecular weight is 276 g/mol. The first-order valence-electron chi connectivity index (χ1n) is 6.16. The van der Waals surface area contributed by atoms with Crippen molar-refractivity contribution in [3.8, 4) is 0 Å². The lowest BCUT2D eigenvalue weighted by Crippen LogP contribution is -2.28. The lowest BCUT2D eigenvalue weighted by molar-refractivity contribution is -0.175. The van der Waals surface area contributed by atoms with Gasteiger partial charge < -0.3 is 4.74 Å². The summed E-state index contributed by atoms with van der Waals surface area (Å²) in [6.45, 7) is 1.52.